The van der Waals surface area contributed by atoms with Gasteiger partial charge in [0.25, 0.3) is 5.91 Å². The number of aromatic amines is 1. The largest absolute Gasteiger partial charge is 0.466 e. The van der Waals surface area contributed by atoms with E-state index < -0.39 is 0 Å². The van der Waals surface area contributed by atoms with Crippen LogP contribution in [0.4, 0.5) is 0 Å². The van der Waals surface area contributed by atoms with Gasteiger partial charge in [-0.25, -0.2) is 0 Å². The van der Waals surface area contributed by atoms with Gasteiger partial charge in [0.15, 0.2) is 0 Å². The van der Waals surface area contributed by atoms with Crippen molar-refractivity contribution in [3.63, 3.8) is 0 Å². The summed E-state index contributed by atoms with van der Waals surface area (Å²) in [4.78, 5) is 15.5. The van der Waals surface area contributed by atoms with Gasteiger partial charge in [-0.15, -0.1) is 0 Å². The summed E-state index contributed by atoms with van der Waals surface area (Å²) in [5, 5.41) is 4.11. The first-order valence-corrected chi connectivity index (χ1v) is 6.99. The summed E-state index contributed by atoms with van der Waals surface area (Å²) in [6.07, 6.45) is 1.87. The Morgan fingerprint density at radius 3 is 2.76 bits per heavy atom. The highest BCUT2D eigenvalue weighted by Gasteiger charge is 2.16. The summed E-state index contributed by atoms with van der Waals surface area (Å²) in [6.45, 7) is 5.78. The van der Waals surface area contributed by atoms with Crippen LogP contribution in [0.3, 0.4) is 0 Å². The molecular formula is C17H18N2O2. The van der Waals surface area contributed by atoms with Gasteiger partial charge in [0.05, 0.1) is 6.04 Å². The number of aryl methyl sites for hydroxylation is 2. The van der Waals surface area contributed by atoms with Gasteiger partial charge >= 0.3 is 0 Å². The Kier molecular flexibility index (Phi) is 3.29. The first kappa shape index (κ1) is 13.5. The quantitative estimate of drug-likeness (QED) is 0.766. The van der Waals surface area contributed by atoms with Crippen LogP contribution >= 0.6 is 0 Å². The number of amides is 1. The zero-order valence-electron chi connectivity index (χ0n) is 12.4. The lowest BCUT2D eigenvalue weighted by atomic mass is 10.1. The zero-order valence-corrected chi connectivity index (χ0v) is 12.4. The van der Waals surface area contributed by atoms with Crippen molar-refractivity contribution in [1.29, 1.82) is 0 Å². The predicted molar refractivity (Wildman–Crippen MR) is 82.4 cm³/mol. The van der Waals surface area contributed by atoms with Crippen LogP contribution < -0.4 is 5.32 Å². The van der Waals surface area contributed by atoms with Crippen LogP contribution in [0.1, 0.15) is 40.4 Å². The van der Waals surface area contributed by atoms with Crippen LogP contribution in [0.5, 0.6) is 0 Å². The molecule has 0 saturated carbocycles. The van der Waals surface area contributed by atoms with E-state index in [1.54, 1.807) is 0 Å². The summed E-state index contributed by atoms with van der Waals surface area (Å²) in [7, 11) is 0. The highest BCUT2D eigenvalue weighted by atomic mass is 16.3. The Morgan fingerprint density at radius 1 is 1.24 bits per heavy atom. The Balaban J connectivity index is 1.80. The molecule has 2 heterocycles. The molecule has 0 saturated heterocycles. The summed E-state index contributed by atoms with van der Waals surface area (Å²) in [6, 6.07) is 9.51. The first-order valence-electron chi connectivity index (χ1n) is 6.99. The van der Waals surface area contributed by atoms with Gasteiger partial charge in [0.1, 0.15) is 11.5 Å². The fraction of sp³-hybridized carbons (Fsp3) is 0.235. The topological polar surface area (TPSA) is 58.0 Å². The summed E-state index contributed by atoms with van der Waals surface area (Å²) >= 11 is 0. The second-order valence-corrected chi connectivity index (χ2v) is 5.34. The molecule has 0 aliphatic rings. The lowest BCUT2D eigenvalue weighted by Gasteiger charge is -2.13. The van der Waals surface area contributed by atoms with Crippen LogP contribution in [0.2, 0.25) is 0 Å². The van der Waals surface area contributed by atoms with Crippen molar-refractivity contribution >= 4 is 16.8 Å². The fourth-order valence-electron chi connectivity index (χ4n) is 2.63. The third kappa shape index (κ3) is 2.57. The number of aromatic nitrogens is 1. The molecule has 0 spiro atoms. The molecule has 108 valence electrons. The highest BCUT2D eigenvalue weighted by Crippen LogP contribution is 2.22. The SMILES string of the molecule is Cc1cc(C(C)NC(=O)c2ccc3cc[nH]c3c2)c(C)o1. The number of H-pyrrole nitrogens is 1. The molecule has 4 heteroatoms. The lowest BCUT2D eigenvalue weighted by Crippen LogP contribution is -2.26. The molecule has 0 radical (unpaired) electrons. The van der Waals surface area contributed by atoms with E-state index in [1.807, 2.05) is 57.3 Å². The van der Waals surface area contributed by atoms with Gasteiger partial charge in [-0.2, -0.15) is 0 Å². The summed E-state index contributed by atoms with van der Waals surface area (Å²) < 4.78 is 5.51. The van der Waals surface area contributed by atoms with Crippen LogP contribution in [0, 0.1) is 13.8 Å². The summed E-state index contributed by atoms with van der Waals surface area (Å²) in [5.41, 5.74) is 2.63. The number of hydrogen-bond donors (Lipinski definition) is 2. The standard InChI is InChI=1S/C17H18N2O2/c1-10-8-15(12(3)21-10)11(2)19-17(20)14-5-4-13-6-7-18-16(13)9-14/h4-9,11,18H,1-3H3,(H,19,20). The monoisotopic (exact) mass is 282 g/mol. The van der Waals surface area contributed by atoms with Crippen LogP contribution in [0.15, 0.2) is 40.9 Å². The van der Waals surface area contributed by atoms with E-state index >= 15 is 0 Å². The van der Waals surface area contributed by atoms with Gasteiger partial charge in [-0.1, -0.05) is 6.07 Å². The molecule has 1 atom stereocenters. The zero-order chi connectivity index (χ0) is 15.0. The molecule has 3 rings (SSSR count). The van der Waals surface area contributed by atoms with E-state index in [1.165, 1.54) is 0 Å². The van der Waals surface area contributed by atoms with E-state index in [9.17, 15) is 4.79 Å². The maximum Gasteiger partial charge on any atom is 0.251 e. The first-order chi connectivity index (χ1) is 10.0. The van der Waals surface area contributed by atoms with Crippen molar-refractivity contribution in [3.8, 4) is 0 Å². The average molecular weight is 282 g/mol. The van der Waals surface area contributed by atoms with Crippen LogP contribution in [-0.4, -0.2) is 10.9 Å². The minimum Gasteiger partial charge on any atom is -0.466 e. The Hall–Kier alpha value is -2.49. The number of furan rings is 1. The normalized spacial score (nSPS) is 12.5. The van der Waals surface area contributed by atoms with Gasteiger partial charge < -0.3 is 14.7 Å². The highest BCUT2D eigenvalue weighted by molar-refractivity contribution is 5.98. The van der Waals surface area contributed by atoms with Crippen molar-refractivity contribution in [2.75, 3.05) is 0 Å². The molecular weight excluding hydrogens is 264 g/mol. The number of hydrogen-bond acceptors (Lipinski definition) is 2. The number of rotatable bonds is 3. The average Bonchev–Trinajstić information content (AvgIpc) is 3.03. The Bertz CT molecular complexity index is 798. The van der Waals surface area contributed by atoms with E-state index in [0.717, 1.165) is 28.0 Å². The molecule has 21 heavy (non-hydrogen) atoms. The third-order valence-electron chi connectivity index (χ3n) is 3.71. The van der Waals surface area contributed by atoms with Crippen molar-refractivity contribution in [2.45, 2.75) is 26.8 Å². The minimum absolute atomic E-state index is 0.0859. The van der Waals surface area contributed by atoms with Crippen molar-refractivity contribution in [2.24, 2.45) is 0 Å². The summed E-state index contributed by atoms with van der Waals surface area (Å²) in [5.74, 6) is 1.62. The molecule has 1 amide bonds. The van der Waals surface area contributed by atoms with Crippen molar-refractivity contribution in [3.05, 3.63) is 59.2 Å². The molecule has 0 aliphatic carbocycles. The number of nitrogens with one attached hydrogen (secondary N) is 2. The van der Waals surface area contributed by atoms with E-state index in [0.29, 0.717) is 5.56 Å². The molecule has 2 N–H and O–H groups in total. The van der Waals surface area contributed by atoms with Gasteiger partial charge in [-0.3, -0.25) is 4.79 Å². The Labute approximate surface area is 123 Å². The maximum atomic E-state index is 12.4. The van der Waals surface area contributed by atoms with Crippen LogP contribution in [-0.2, 0) is 0 Å². The van der Waals surface area contributed by atoms with Gasteiger partial charge in [0, 0.05) is 22.8 Å². The molecule has 2 aromatic heterocycles. The van der Waals surface area contributed by atoms with Crippen molar-refractivity contribution < 1.29 is 9.21 Å². The number of carbonyl (C=O) groups is 1. The van der Waals surface area contributed by atoms with Gasteiger partial charge in [-0.05, 0) is 50.4 Å². The molecule has 0 bridgehead atoms. The maximum absolute atomic E-state index is 12.4. The number of benzene rings is 1. The minimum atomic E-state index is -0.0886. The van der Waals surface area contributed by atoms with E-state index in [2.05, 4.69) is 10.3 Å². The number of fused-ring (bicyclic) bond motifs is 1. The molecule has 0 fully saturated rings. The smallest absolute Gasteiger partial charge is 0.251 e. The second kappa shape index (κ2) is 5.13. The lowest BCUT2D eigenvalue weighted by molar-refractivity contribution is 0.0940. The van der Waals surface area contributed by atoms with Crippen molar-refractivity contribution in [1.82, 2.24) is 10.3 Å². The molecule has 1 aromatic carbocycles. The molecule has 1 unspecified atom stereocenters. The molecule has 4 nitrogen and oxygen atoms in total. The van der Waals surface area contributed by atoms with Gasteiger partial charge in [0.2, 0.25) is 0 Å². The number of carbonyl (C=O) groups excluding carboxylic acids is 1. The Morgan fingerprint density at radius 2 is 2.05 bits per heavy atom. The third-order valence-corrected chi connectivity index (χ3v) is 3.71. The fourth-order valence-corrected chi connectivity index (χ4v) is 2.63. The van der Waals surface area contributed by atoms with Crippen LogP contribution in [0.25, 0.3) is 10.9 Å². The molecule has 0 aliphatic heterocycles. The molecule has 3 aromatic rings. The second-order valence-electron chi connectivity index (χ2n) is 5.34. The van der Waals surface area contributed by atoms with E-state index in [-0.39, 0.29) is 11.9 Å². The van der Waals surface area contributed by atoms with E-state index in [4.69, 9.17) is 4.42 Å². The predicted octanol–water partition coefficient (Wildman–Crippen LogP) is 3.87.